The molecule has 120 valence electrons. The summed E-state index contributed by atoms with van der Waals surface area (Å²) in [7, 11) is 2.13. The van der Waals surface area contributed by atoms with Gasteiger partial charge in [-0.15, -0.1) is 0 Å². The van der Waals surface area contributed by atoms with Crippen molar-refractivity contribution in [2.24, 2.45) is 0 Å². The quantitative estimate of drug-likeness (QED) is 0.842. The highest BCUT2D eigenvalue weighted by atomic mass is 16.1. The van der Waals surface area contributed by atoms with Crippen molar-refractivity contribution in [3.63, 3.8) is 0 Å². The predicted octanol–water partition coefficient (Wildman–Crippen LogP) is 0.315. The Balaban J connectivity index is 1.63. The van der Waals surface area contributed by atoms with Gasteiger partial charge in [-0.1, -0.05) is 0 Å². The average molecular weight is 303 g/mol. The molecule has 2 aliphatic rings. The molecule has 0 radical (unpaired) electrons. The van der Waals surface area contributed by atoms with Crippen molar-refractivity contribution in [1.29, 1.82) is 0 Å². The Labute approximate surface area is 131 Å². The van der Waals surface area contributed by atoms with Crippen LogP contribution < -0.4 is 15.5 Å². The third kappa shape index (κ3) is 3.75. The lowest BCUT2D eigenvalue weighted by Crippen LogP contribution is -2.46. The Morgan fingerprint density at radius 2 is 2.18 bits per heavy atom. The topological polar surface area (TPSA) is 60.5 Å². The number of hydrogen-bond acceptors (Lipinski definition) is 5. The van der Waals surface area contributed by atoms with Crippen LogP contribution in [0, 0.1) is 0 Å². The lowest BCUT2D eigenvalue weighted by atomic mass is 10.1. The first-order valence-electron chi connectivity index (χ1n) is 8.13. The minimum atomic E-state index is 0.00600. The van der Waals surface area contributed by atoms with Crippen molar-refractivity contribution < 1.29 is 4.79 Å². The van der Waals surface area contributed by atoms with Crippen LogP contribution in [-0.4, -0.2) is 68.1 Å². The molecule has 3 heterocycles. The van der Waals surface area contributed by atoms with E-state index in [9.17, 15) is 4.79 Å². The molecule has 1 aromatic rings. The molecule has 1 amide bonds. The second-order valence-electron chi connectivity index (χ2n) is 6.21. The second kappa shape index (κ2) is 7.07. The first kappa shape index (κ1) is 15.2. The second-order valence-corrected chi connectivity index (χ2v) is 6.21. The third-order valence-electron chi connectivity index (χ3n) is 4.47. The number of pyridine rings is 1. The van der Waals surface area contributed by atoms with Crippen LogP contribution in [0.15, 0.2) is 18.3 Å². The smallest absolute Gasteiger partial charge is 0.251 e. The van der Waals surface area contributed by atoms with E-state index in [2.05, 4.69) is 32.5 Å². The summed E-state index contributed by atoms with van der Waals surface area (Å²) in [5, 5.41) is 6.44. The summed E-state index contributed by atoms with van der Waals surface area (Å²) in [5.74, 6) is 0.911. The molecule has 6 nitrogen and oxygen atoms in total. The van der Waals surface area contributed by atoms with Crippen LogP contribution in [0.1, 0.15) is 23.2 Å². The van der Waals surface area contributed by atoms with Crippen LogP contribution in [0.3, 0.4) is 0 Å². The van der Waals surface area contributed by atoms with Crippen LogP contribution in [-0.2, 0) is 0 Å². The number of carbonyl (C=O) groups is 1. The summed E-state index contributed by atoms with van der Waals surface area (Å²) < 4.78 is 0. The SMILES string of the molecule is CN1CCN(c2cc(C(=O)N[C@H]3CCCNC3)ccn2)CC1. The summed E-state index contributed by atoms with van der Waals surface area (Å²) in [5.41, 5.74) is 0.703. The number of piperazine rings is 1. The number of carbonyl (C=O) groups excluding carboxylic acids is 1. The Hall–Kier alpha value is -1.66. The number of rotatable bonds is 3. The molecule has 1 atom stereocenters. The predicted molar refractivity (Wildman–Crippen MR) is 87.3 cm³/mol. The Kier molecular flexibility index (Phi) is 4.90. The zero-order valence-corrected chi connectivity index (χ0v) is 13.2. The average Bonchev–Trinajstić information content (AvgIpc) is 2.56. The van der Waals surface area contributed by atoms with E-state index in [0.29, 0.717) is 5.56 Å². The fourth-order valence-corrected chi connectivity index (χ4v) is 3.01. The molecule has 2 fully saturated rings. The van der Waals surface area contributed by atoms with E-state index in [4.69, 9.17) is 0 Å². The number of anilines is 1. The van der Waals surface area contributed by atoms with Gasteiger partial charge in [0.1, 0.15) is 5.82 Å². The van der Waals surface area contributed by atoms with E-state index in [1.165, 1.54) is 0 Å². The highest BCUT2D eigenvalue weighted by Gasteiger charge is 2.19. The fraction of sp³-hybridized carbons (Fsp3) is 0.625. The maximum absolute atomic E-state index is 12.4. The summed E-state index contributed by atoms with van der Waals surface area (Å²) in [6.45, 7) is 5.90. The number of aromatic nitrogens is 1. The van der Waals surface area contributed by atoms with Crippen molar-refractivity contribution in [2.45, 2.75) is 18.9 Å². The molecule has 2 saturated heterocycles. The van der Waals surface area contributed by atoms with Crippen molar-refractivity contribution in [1.82, 2.24) is 20.5 Å². The fourth-order valence-electron chi connectivity index (χ4n) is 3.01. The molecule has 0 unspecified atom stereocenters. The van der Waals surface area contributed by atoms with Crippen LogP contribution in [0.25, 0.3) is 0 Å². The Morgan fingerprint density at radius 1 is 1.36 bits per heavy atom. The highest BCUT2D eigenvalue weighted by molar-refractivity contribution is 5.95. The standard InChI is InChI=1S/C16H25N5O/c1-20-7-9-21(10-8-20)15-11-13(4-6-18-15)16(22)19-14-3-2-5-17-12-14/h4,6,11,14,17H,2-3,5,7-10,12H2,1H3,(H,19,22)/t14-/m0/s1. The molecule has 0 saturated carbocycles. The highest BCUT2D eigenvalue weighted by Crippen LogP contribution is 2.15. The summed E-state index contributed by atoms with van der Waals surface area (Å²) >= 11 is 0. The molecule has 0 spiro atoms. The van der Waals surface area contributed by atoms with Gasteiger partial charge >= 0.3 is 0 Å². The number of piperidine rings is 1. The normalized spacial score (nSPS) is 23.3. The van der Waals surface area contributed by atoms with Crippen LogP contribution in [0.5, 0.6) is 0 Å². The van der Waals surface area contributed by atoms with Crippen LogP contribution in [0.2, 0.25) is 0 Å². The summed E-state index contributed by atoms with van der Waals surface area (Å²) in [6, 6.07) is 3.95. The van der Waals surface area contributed by atoms with E-state index >= 15 is 0 Å². The lowest BCUT2D eigenvalue weighted by molar-refractivity contribution is 0.0930. The largest absolute Gasteiger partial charge is 0.354 e. The van der Waals surface area contributed by atoms with E-state index < -0.39 is 0 Å². The minimum Gasteiger partial charge on any atom is -0.354 e. The van der Waals surface area contributed by atoms with Gasteiger partial charge in [-0.3, -0.25) is 4.79 Å². The number of likely N-dealkylation sites (N-methyl/N-ethyl adjacent to an activating group) is 1. The zero-order chi connectivity index (χ0) is 15.4. The molecule has 2 N–H and O–H groups in total. The summed E-state index contributed by atoms with van der Waals surface area (Å²) in [6.07, 6.45) is 3.91. The first-order chi connectivity index (χ1) is 10.7. The molecule has 22 heavy (non-hydrogen) atoms. The van der Waals surface area contributed by atoms with Crippen LogP contribution >= 0.6 is 0 Å². The first-order valence-corrected chi connectivity index (χ1v) is 8.13. The van der Waals surface area contributed by atoms with Crippen molar-refractivity contribution in [3.8, 4) is 0 Å². The van der Waals surface area contributed by atoms with Gasteiger partial charge in [0.05, 0.1) is 0 Å². The van der Waals surface area contributed by atoms with Crippen molar-refractivity contribution >= 4 is 11.7 Å². The van der Waals surface area contributed by atoms with E-state index in [1.807, 2.05) is 6.07 Å². The maximum atomic E-state index is 12.4. The maximum Gasteiger partial charge on any atom is 0.251 e. The summed E-state index contributed by atoms with van der Waals surface area (Å²) in [4.78, 5) is 21.4. The van der Waals surface area contributed by atoms with Gasteiger partial charge in [-0.05, 0) is 38.6 Å². The zero-order valence-electron chi connectivity index (χ0n) is 13.2. The monoisotopic (exact) mass is 303 g/mol. The van der Waals surface area contributed by atoms with Gasteiger partial charge in [0.25, 0.3) is 5.91 Å². The molecule has 0 bridgehead atoms. The molecular weight excluding hydrogens is 278 g/mol. The number of hydrogen-bond donors (Lipinski definition) is 2. The molecular formula is C16H25N5O. The molecule has 0 aromatic carbocycles. The molecule has 0 aliphatic carbocycles. The third-order valence-corrected chi connectivity index (χ3v) is 4.47. The van der Waals surface area contributed by atoms with Gasteiger partial charge in [-0.2, -0.15) is 0 Å². The van der Waals surface area contributed by atoms with E-state index in [-0.39, 0.29) is 11.9 Å². The van der Waals surface area contributed by atoms with E-state index in [0.717, 1.165) is 57.9 Å². The lowest BCUT2D eigenvalue weighted by Gasteiger charge is -2.33. The number of amides is 1. The van der Waals surface area contributed by atoms with E-state index in [1.54, 1.807) is 12.3 Å². The molecule has 6 heteroatoms. The molecule has 3 rings (SSSR count). The Bertz CT molecular complexity index is 507. The minimum absolute atomic E-state index is 0.00600. The van der Waals surface area contributed by atoms with Gasteiger partial charge in [0, 0.05) is 50.5 Å². The van der Waals surface area contributed by atoms with Gasteiger partial charge in [-0.25, -0.2) is 4.98 Å². The van der Waals surface area contributed by atoms with Crippen molar-refractivity contribution in [2.75, 3.05) is 51.2 Å². The van der Waals surface area contributed by atoms with Gasteiger partial charge in [0.15, 0.2) is 0 Å². The van der Waals surface area contributed by atoms with Gasteiger partial charge in [0.2, 0.25) is 0 Å². The number of nitrogens with one attached hydrogen (secondary N) is 2. The van der Waals surface area contributed by atoms with Crippen molar-refractivity contribution in [3.05, 3.63) is 23.9 Å². The Morgan fingerprint density at radius 3 is 2.91 bits per heavy atom. The molecule has 1 aromatic heterocycles. The van der Waals surface area contributed by atoms with Gasteiger partial charge < -0.3 is 20.4 Å². The number of nitrogens with zero attached hydrogens (tertiary/aromatic N) is 3. The van der Waals surface area contributed by atoms with Crippen LogP contribution in [0.4, 0.5) is 5.82 Å². The molecule has 2 aliphatic heterocycles.